The predicted molar refractivity (Wildman–Crippen MR) is 160 cm³/mol. The van der Waals surface area contributed by atoms with Crippen LogP contribution in [0.15, 0.2) is 131 Å². The molecule has 0 aliphatic rings. The number of nitrogens with two attached hydrogens (primary N) is 1. The molecule has 1 atom stereocenters. The lowest BCUT2D eigenvalue weighted by atomic mass is 10.1. The molecule has 5 aromatic rings. The molecular weight excluding hydrogens is 542 g/mol. The number of primary sulfonamides is 1. The average Bonchev–Trinajstić information content (AvgIpc) is 2.96. The zero-order chi connectivity index (χ0) is 28.1. The van der Waals surface area contributed by atoms with Gasteiger partial charge in [-0.2, -0.15) is 0 Å². The molecule has 4 N–H and O–H groups in total. The molecule has 5 rings (SSSR count). The summed E-state index contributed by atoms with van der Waals surface area (Å²) < 4.78 is 23.1. The Morgan fingerprint density at radius 2 is 1.27 bits per heavy atom. The fraction of sp³-hybridized carbons (Fsp3) is 0.0323. The molecule has 0 saturated carbocycles. The van der Waals surface area contributed by atoms with Gasteiger partial charge in [-0.05, 0) is 77.0 Å². The van der Waals surface area contributed by atoms with E-state index in [4.69, 9.17) is 5.14 Å². The Hall–Kier alpha value is -4.44. The van der Waals surface area contributed by atoms with Crippen molar-refractivity contribution in [1.29, 1.82) is 0 Å². The van der Waals surface area contributed by atoms with Gasteiger partial charge in [0.2, 0.25) is 15.9 Å². The fourth-order valence-electron chi connectivity index (χ4n) is 4.12. The second-order valence-corrected chi connectivity index (χ2v) is 11.7. The van der Waals surface area contributed by atoms with Gasteiger partial charge in [-0.15, -0.1) is 11.8 Å². The van der Waals surface area contributed by atoms with E-state index in [0.29, 0.717) is 16.9 Å². The number of sulfonamides is 1. The van der Waals surface area contributed by atoms with Crippen LogP contribution in [0.2, 0.25) is 0 Å². The van der Waals surface area contributed by atoms with E-state index in [1.165, 1.54) is 36.0 Å². The molecule has 0 fully saturated rings. The minimum absolute atomic E-state index is 0.0349. The molecule has 0 aromatic heterocycles. The predicted octanol–water partition coefficient (Wildman–Crippen LogP) is 6.21. The van der Waals surface area contributed by atoms with Crippen LogP contribution < -0.4 is 15.8 Å². The Labute approximate surface area is 236 Å². The third-order valence-electron chi connectivity index (χ3n) is 6.17. The molecule has 5 aromatic carbocycles. The van der Waals surface area contributed by atoms with Gasteiger partial charge in [0, 0.05) is 21.8 Å². The summed E-state index contributed by atoms with van der Waals surface area (Å²) >= 11 is 1.36. The highest BCUT2D eigenvalue weighted by atomic mass is 32.2. The van der Waals surface area contributed by atoms with Gasteiger partial charge < -0.3 is 10.6 Å². The van der Waals surface area contributed by atoms with E-state index < -0.39 is 15.3 Å². The van der Waals surface area contributed by atoms with Crippen molar-refractivity contribution in [3.63, 3.8) is 0 Å². The molecule has 0 aliphatic heterocycles. The van der Waals surface area contributed by atoms with Gasteiger partial charge >= 0.3 is 0 Å². The van der Waals surface area contributed by atoms with Gasteiger partial charge in [0.05, 0.1) is 4.90 Å². The molecule has 0 radical (unpaired) electrons. The third-order valence-corrected chi connectivity index (χ3v) is 8.36. The van der Waals surface area contributed by atoms with Crippen LogP contribution in [-0.4, -0.2) is 20.2 Å². The Morgan fingerprint density at radius 3 is 1.95 bits per heavy atom. The van der Waals surface area contributed by atoms with Crippen LogP contribution in [0, 0.1) is 0 Å². The van der Waals surface area contributed by atoms with Crippen molar-refractivity contribution in [2.75, 3.05) is 10.6 Å². The quantitative estimate of drug-likeness (QED) is 0.193. The van der Waals surface area contributed by atoms with Crippen LogP contribution in [0.3, 0.4) is 0 Å². The summed E-state index contributed by atoms with van der Waals surface area (Å²) in [5.74, 6) is -0.477. The number of rotatable bonds is 8. The van der Waals surface area contributed by atoms with Gasteiger partial charge in [-0.1, -0.05) is 60.7 Å². The largest absolute Gasteiger partial charge is 0.325 e. The van der Waals surface area contributed by atoms with Gasteiger partial charge in [0.1, 0.15) is 5.25 Å². The van der Waals surface area contributed by atoms with Crippen LogP contribution in [0.5, 0.6) is 0 Å². The van der Waals surface area contributed by atoms with Crippen molar-refractivity contribution < 1.29 is 18.0 Å². The summed E-state index contributed by atoms with van der Waals surface area (Å²) in [6.07, 6.45) is 0. The number of hydrogen-bond acceptors (Lipinski definition) is 5. The lowest BCUT2D eigenvalue weighted by molar-refractivity contribution is -0.115. The highest BCUT2D eigenvalue weighted by Crippen LogP contribution is 2.37. The van der Waals surface area contributed by atoms with Crippen LogP contribution in [0.4, 0.5) is 11.4 Å². The molecule has 0 saturated heterocycles. The van der Waals surface area contributed by atoms with Crippen molar-refractivity contribution in [2.45, 2.75) is 15.0 Å². The normalized spacial score (nSPS) is 12.0. The maximum atomic E-state index is 13.3. The molecule has 9 heteroatoms. The number of fused-ring (bicyclic) bond motifs is 1. The highest BCUT2D eigenvalue weighted by Gasteiger charge is 2.22. The minimum Gasteiger partial charge on any atom is -0.325 e. The van der Waals surface area contributed by atoms with E-state index in [1.54, 1.807) is 18.2 Å². The van der Waals surface area contributed by atoms with Gasteiger partial charge in [0.25, 0.3) is 5.91 Å². The molecule has 7 nitrogen and oxygen atoms in total. The monoisotopic (exact) mass is 567 g/mol. The Kier molecular flexibility index (Phi) is 7.97. The molecule has 0 heterocycles. The van der Waals surface area contributed by atoms with E-state index in [0.717, 1.165) is 21.2 Å². The summed E-state index contributed by atoms with van der Waals surface area (Å²) in [4.78, 5) is 27.0. The Balaban J connectivity index is 1.29. The number of amides is 2. The van der Waals surface area contributed by atoms with Crippen molar-refractivity contribution in [1.82, 2.24) is 0 Å². The second kappa shape index (κ2) is 11.7. The summed E-state index contributed by atoms with van der Waals surface area (Å²) in [7, 11) is -3.83. The van der Waals surface area contributed by atoms with Crippen molar-refractivity contribution in [3.8, 4) is 0 Å². The standard InChI is InChI=1S/C31H25N3O4S2/c32-40(37,38)28-18-14-26(15-19-28)34-31(36)29(22-7-2-1-3-8-22)39-27-16-12-25(13-17-27)33-30(35)24-11-10-21-6-4-5-9-23(21)20-24/h1-20,29H,(H,33,35)(H,34,36)(H2,32,37,38). The third kappa shape index (κ3) is 6.58. The maximum absolute atomic E-state index is 13.3. The minimum atomic E-state index is -3.83. The number of carbonyl (C=O) groups excluding carboxylic acids is 2. The molecule has 200 valence electrons. The molecule has 0 aliphatic carbocycles. The van der Waals surface area contributed by atoms with E-state index in [2.05, 4.69) is 10.6 Å². The van der Waals surface area contributed by atoms with Gasteiger partial charge in [0.15, 0.2) is 0 Å². The number of thioether (sulfide) groups is 1. The number of anilines is 2. The number of nitrogens with one attached hydrogen (secondary N) is 2. The zero-order valence-electron chi connectivity index (χ0n) is 21.2. The first-order valence-electron chi connectivity index (χ1n) is 12.3. The SMILES string of the molecule is NS(=O)(=O)c1ccc(NC(=O)C(Sc2ccc(NC(=O)c3ccc4ccccc4c3)cc2)c2ccccc2)cc1. The average molecular weight is 568 g/mol. The number of benzene rings is 5. The molecule has 2 amide bonds. The van der Waals surface area contributed by atoms with E-state index in [9.17, 15) is 18.0 Å². The first-order valence-corrected chi connectivity index (χ1v) is 14.7. The van der Waals surface area contributed by atoms with Crippen LogP contribution >= 0.6 is 11.8 Å². The fourth-order valence-corrected chi connectivity index (χ4v) is 5.66. The summed E-state index contributed by atoms with van der Waals surface area (Å²) in [6, 6.07) is 35.8. The van der Waals surface area contributed by atoms with Crippen LogP contribution in [0.25, 0.3) is 10.8 Å². The zero-order valence-corrected chi connectivity index (χ0v) is 22.8. The molecule has 40 heavy (non-hydrogen) atoms. The Morgan fingerprint density at radius 1 is 0.675 bits per heavy atom. The topological polar surface area (TPSA) is 118 Å². The summed E-state index contributed by atoms with van der Waals surface area (Å²) in [5, 5.41) is 12.4. The smallest absolute Gasteiger partial charge is 0.255 e. The molecular formula is C31H25N3O4S2. The van der Waals surface area contributed by atoms with E-state index in [1.807, 2.05) is 78.9 Å². The lowest BCUT2D eigenvalue weighted by Gasteiger charge is -2.17. The van der Waals surface area contributed by atoms with Gasteiger partial charge in [-0.25, -0.2) is 13.6 Å². The van der Waals surface area contributed by atoms with Crippen LogP contribution in [-0.2, 0) is 14.8 Å². The van der Waals surface area contributed by atoms with E-state index in [-0.39, 0.29) is 16.7 Å². The van der Waals surface area contributed by atoms with E-state index >= 15 is 0 Å². The highest BCUT2D eigenvalue weighted by molar-refractivity contribution is 8.00. The number of hydrogen-bond donors (Lipinski definition) is 3. The van der Waals surface area contributed by atoms with Crippen LogP contribution in [0.1, 0.15) is 21.2 Å². The van der Waals surface area contributed by atoms with Crippen molar-refractivity contribution in [3.05, 3.63) is 132 Å². The number of carbonyl (C=O) groups is 2. The summed E-state index contributed by atoms with van der Waals surface area (Å²) in [6.45, 7) is 0. The summed E-state index contributed by atoms with van der Waals surface area (Å²) in [5.41, 5.74) is 2.46. The molecule has 1 unspecified atom stereocenters. The van der Waals surface area contributed by atoms with Gasteiger partial charge in [-0.3, -0.25) is 9.59 Å². The molecule has 0 spiro atoms. The Bertz CT molecular complexity index is 1770. The van der Waals surface area contributed by atoms with Crippen molar-refractivity contribution >= 4 is 55.7 Å². The maximum Gasteiger partial charge on any atom is 0.255 e. The lowest BCUT2D eigenvalue weighted by Crippen LogP contribution is -2.19. The second-order valence-electron chi connectivity index (χ2n) is 9.01. The first-order chi connectivity index (χ1) is 19.3. The van der Waals surface area contributed by atoms with Crippen molar-refractivity contribution in [2.24, 2.45) is 5.14 Å². The first kappa shape index (κ1) is 27.1. The molecule has 0 bridgehead atoms.